The minimum Gasteiger partial charge on any atom is -0.455 e. The standard InChI is InChI=1S/C31H34FN3O6S/c1-6-35(42(5,39)40)25-16-26-24(27(30(38)33-4)28(41-26)19-10-12-22(32)13-11-19)15-23(25)20-8-7-9-21(14-20)29(37)34-17-31(2,3)18-36/h7-16,36H,6,17-18H2,1-5H3,(H,33,38)(H,34,37). The number of fused-ring (bicyclic) bond motifs is 1. The molecule has 0 radical (unpaired) electrons. The highest BCUT2D eigenvalue weighted by Crippen LogP contribution is 2.41. The third-order valence-electron chi connectivity index (χ3n) is 6.91. The fraction of sp³-hybridized carbons (Fsp3) is 0.290. The van der Waals surface area contributed by atoms with E-state index in [1.54, 1.807) is 43.3 Å². The van der Waals surface area contributed by atoms with Crippen molar-refractivity contribution in [3.8, 4) is 22.5 Å². The minimum atomic E-state index is -3.74. The summed E-state index contributed by atoms with van der Waals surface area (Å²) in [4.78, 5) is 26.1. The van der Waals surface area contributed by atoms with Gasteiger partial charge in [-0.3, -0.25) is 13.9 Å². The van der Waals surface area contributed by atoms with Crippen molar-refractivity contribution >= 4 is 38.5 Å². The van der Waals surface area contributed by atoms with Crippen LogP contribution >= 0.6 is 0 Å². The predicted molar refractivity (Wildman–Crippen MR) is 161 cm³/mol. The molecule has 0 saturated heterocycles. The number of hydrogen-bond donors (Lipinski definition) is 3. The molecular weight excluding hydrogens is 561 g/mol. The summed E-state index contributed by atoms with van der Waals surface area (Å²) in [5.74, 6) is -1.04. The second-order valence-electron chi connectivity index (χ2n) is 10.8. The van der Waals surface area contributed by atoms with Gasteiger partial charge in [-0.1, -0.05) is 26.0 Å². The van der Waals surface area contributed by atoms with Gasteiger partial charge in [0.1, 0.15) is 17.2 Å². The van der Waals surface area contributed by atoms with Crippen molar-refractivity contribution in [3.63, 3.8) is 0 Å². The van der Waals surface area contributed by atoms with E-state index in [0.717, 1.165) is 6.26 Å². The molecular formula is C31H34FN3O6S. The summed E-state index contributed by atoms with van der Waals surface area (Å²) in [7, 11) is -2.26. The van der Waals surface area contributed by atoms with Crippen LogP contribution in [0.3, 0.4) is 0 Å². The van der Waals surface area contributed by atoms with Crippen LogP contribution in [0.5, 0.6) is 0 Å². The van der Waals surface area contributed by atoms with Crippen molar-refractivity contribution in [1.82, 2.24) is 10.6 Å². The van der Waals surface area contributed by atoms with Gasteiger partial charge in [-0.2, -0.15) is 0 Å². The first-order chi connectivity index (χ1) is 19.8. The monoisotopic (exact) mass is 595 g/mol. The Balaban J connectivity index is 1.96. The highest BCUT2D eigenvalue weighted by molar-refractivity contribution is 7.92. The SMILES string of the molecule is CCN(c1cc2oc(-c3ccc(F)cc3)c(C(=O)NC)c2cc1-c1cccc(C(=O)NCC(C)(C)CO)c1)S(C)(=O)=O. The van der Waals surface area contributed by atoms with Crippen LogP contribution in [0, 0.1) is 11.2 Å². The van der Waals surface area contributed by atoms with Crippen LogP contribution in [-0.2, 0) is 10.0 Å². The molecule has 0 bridgehead atoms. The van der Waals surface area contributed by atoms with Gasteiger partial charge in [0, 0.05) is 60.3 Å². The summed E-state index contributed by atoms with van der Waals surface area (Å²) in [5.41, 5.74) is 2.04. The van der Waals surface area contributed by atoms with E-state index in [-0.39, 0.29) is 42.5 Å². The maximum Gasteiger partial charge on any atom is 0.255 e. The van der Waals surface area contributed by atoms with E-state index in [1.165, 1.54) is 35.6 Å². The van der Waals surface area contributed by atoms with Crippen LogP contribution in [-0.4, -0.2) is 58.3 Å². The average Bonchev–Trinajstić information content (AvgIpc) is 3.33. The second-order valence-corrected chi connectivity index (χ2v) is 12.7. The number of nitrogens with one attached hydrogen (secondary N) is 2. The maximum absolute atomic E-state index is 13.7. The molecule has 42 heavy (non-hydrogen) atoms. The molecule has 0 aliphatic rings. The Morgan fingerprint density at radius 1 is 1.02 bits per heavy atom. The van der Waals surface area contributed by atoms with Crippen molar-refractivity contribution in [3.05, 3.63) is 77.6 Å². The highest BCUT2D eigenvalue weighted by atomic mass is 32.2. The second kappa shape index (κ2) is 11.9. The Morgan fingerprint density at radius 3 is 2.31 bits per heavy atom. The van der Waals surface area contributed by atoms with Crippen LogP contribution in [0.25, 0.3) is 33.4 Å². The van der Waals surface area contributed by atoms with Gasteiger partial charge in [0.2, 0.25) is 10.0 Å². The number of carbonyl (C=O) groups excluding carboxylic acids is 2. The lowest BCUT2D eigenvalue weighted by molar-refractivity contribution is 0.0910. The van der Waals surface area contributed by atoms with Gasteiger partial charge in [0.15, 0.2) is 0 Å². The van der Waals surface area contributed by atoms with E-state index in [2.05, 4.69) is 10.6 Å². The molecule has 0 atom stereocenters. The molecule has 2 amide bonds. The molecule has 11 heteroatoms. The molecule has 0 aliphatic heterocycles. The first-order valence-corrected chi connectivity index (χ1v) is 15.2. The van der Waals surface area contributed by atoms with Crippen molar-refractivity contribution in [2.75, 3.05) is 37.3 Å². The summed E-state index contributed by atoms with van der Waals surface area (Å²) in [6.45, 7) is 5.60. The average molecular weight is 596 g/mol. The Labute approximate surface area is 244 Å². The summed E-state index contributed by atoms with van der Waals surface area (Å²) >= 11 is 0. The first kappa shape index (κ1) is 30.7. The molecule has 0 aliphatic carbocycles. The van der Waals surface area contributed by atoms with Gasteiger partial charge in [0.25, 0.3) is 11.8 Å². The number of aliphatic hydroxyl groups is 1. The van der Waals surface area contributed by atoms with E-state index in [1.807, 2.05) is 13.8 Å². The lowest BCUT2D eigenvalue weighted by Crippen LogP contribution is -2.36. The minimum absolute atomic E-state index is 0.104. The number of hydrogen-bond acceptors (Lipinski definition) is 6. The zero-order chi connectivity index (χ0) is 30.8. The van der Waals surface area contributed by atoms with Crippen molar-refractivity contribution in [2.24, 2.45) is 5.41 Å². The fourth-order valence-corrected chi connectivity index (χ4v) is 5.59. The van der Waals surface area contributed by atoms with Gasteiger partial charge in [-0.05, 0) is 55.0 Å². The van der Waals surface area contributed by atoms with Gasteiger partial charge in [-0.25, -0.2) is 12.8 Å². The number of sulfonamides is 1. The third-order valence-corrected chi connectivity index (χ3v) is 8.17. The Bertz CT molecular complexity index is 1750. The largest absolute Gasteiger partial charge is 0.455 e. The maximum atomic E-state index is 13.7. The molecule has 9 nitrogen and oxygen atoms in total. The fourth-order valence-electron chi connectivity index (χ4n) is 4.61. The third kappa shape index (κ3) is 6.32. The lowest BCUT2D eigenvalue weighted by atomic mass is 9.94. The Morgan fingerprint density at radius 2 is 1.71 bits per heavy atom. The van der Waals surface area contributed by atoms with E-state index in [0.29, 0.717) is 33.3 Å². The van der Waals surface area contributed by atoms with E-state index < -0.39 is 27.2 Å². The number of rotatable bonds is 10. The smallest absolute Gasteiger partial charge is 0.255 e. The molecule has 4 aromatic rings. The number of amides is 2. The topological polar surface area (TPSA) is 129 Å². The number of halogens is 1. The molecule has 0 unspecified atom stereocenters. The number of furan rings is 1. The van der Waals surface area contributed by atoms with Crippen molar-refractivity contribution in [2.45, 2.75) is 20.8 Å². The number of anilines is 1. The number of aliphatic hydroxyl groups excluding tert-OH is 1. The Hall–Kier alpha value is -4.22. The van der Waals surface area contributed by atoms with Crippen molar-refractivity contribution in [1.29, 1.82) is 0 Å². The van der Waals surface area contributed by atoms with Gasteiger partial charge in [-0.15, -0.1) is 0 Å². The molecule has 3 N–H and O–H groups in total. The number of nitrogens with zero attached hydrogens (tertiary/aromatic N) is 1. The molecule has 1 heterocycles. The molecule has 0 fully saturated rings. The van der Waals surface area contributed by atoms with Gasteiger partial charge >= 0.3 is 0 Å². The molecule has 4 rings (SSSR count). The molecule has 222 valence electrons. The molecule has 1 aromatic heterocycles. The van der Waals surface area contributed by atoms with Crippen LogP contribution in [0.4, 0.5) is 10.1 Å². The zero-order valence-corrected chi connectivity index (χ0v) is 24.9. The molecule has 3 aromatic carbocycles. The molecule has 0 spiro atoms. The summed E-state index contributed by atoms with van der Waals surface area (Å²) in [6, 6.07) is 15.5. The predicted octanol–water partition coefficient (Wildman–Crippen LogP) is 4.80. The van der Waals surface area contributed by atoms with Crippen LogP contribution in [0.2, 0.25) is 0 Å². The molecule has 0 saturated carbocycles. The quantitative estimate of drug-likeness (QED) is 0.242. The highest BCUT2D eigenvalue weighted by Gasteiger charge is 2.27. The van der Waals surface area contributed by atoms with Gasteiger partial charge in [0.05, 0.1) is 17.5 Å². The van der Waals surface area contributed by atoms with Gasteiger partial charge < -0.3 is 20.2 Å². The van der Waals surface area contributed by atoms with E-state index in [9.17, 15) is 27.5 Å². The lowest BCUT2D eigenvalue weighted by Gasteiger charge is -2.24. The normalized spacial score (nSPS) is 11.9. The number of carbonyl (C=O) groups is 2. The Kier molecular flexibility index (Phi) is 8.74. The van der Waals surface area contributed by atoms with Crippen LogP contribution < -0.4 is 14.9 Å². The van der Waals surface area contributed by atoms with Crippen LogP contribution in [0.1, 0.15) is 41.5 Å². The first-order valence-electron chi connectivity index (χ1n) is 13.4. The summed E-state index contributed by atoms with van der Waals surface area (Å²) in [6.07, 6.45) is 1.10. The van der Waals surface area contributed by atoms with E-state index >= 15 is 0 Å². The number of benzene rings is 3. The zero-order valence-electron chi connectivity index (χ0n) is 24.1. The summed E-state index contributed by atoms with van der Waals surface area (Å²) < 4.78 is 46.7. The van der Waals surface area contributed by atoms with E-state index in [4.69, 9.17) is 4.42 Å². The summed E-state index contributed by atoms with van der Waals surface area (Å²) in [5, 5.41) is 15.4. The van der Waals surface area contributed by atoms with Crippen LogP contribution in [0.15, 0.2) is 65.1 Å². The van der Waals surface area contributed by atoms with Crippen molar-refractivity contribution < 1.29 is 31.9 Å².